The smallest absolute Gasteiger partial charge is 0.255 e. The van der Waals surface area contributed by atoms with E-state index in [1.165, 1.54) is 44.4 Å². The van der Waals surface area contributed by atoms with Gasteiger partial charge in [-0.2, -0.15) is 0 Å². The van der Waals surface area contributed by atoms with Crippen LogP contribution in [0.4, 0.5) is 10.1 Å². The Hall–Kier alpha value is -5.49. The van der Waals surface area contributed by atoms with Crippen LogP contribution in [0.2, 0.25) is 0 Å². The zero-order chi connectivity index (χ0) is 30.9. The van der Waals surface area contributed by atoms with Gasteiger partial charge in [-0.25, -0.2) is 22.8 Å². The summed E-state index contributed by atoms with van der Waals surface area (Å²) < 4.78 is 48.5. The molecule has 0 fully saturated rings. The molecule has 2 N–H and O–H groups in total. The van der Waals surface area contributed by atoms with Gasteiger partial charge in [0.2, 0.25) is 15.9 Å². The number of amides is 1. The first-order valence-electron chi connectivity index (χ1n) is 13.5. The molecule has 5 heterocycles. The van der Waals surface area contributed by atoms with E-state index in [0.717, 1.165) is 27.0 Å². The average Bonchev–Trinajstić information content (AvgIpc) is 3.57. The van der Waals surface area contributed by atoms with Crippen LogP contribution in [-0.2, 0) is 10.0 Å². The molecule has 0 atom stereocenters. The fourth-order valence-electron chi connectivity index (χ4n) is 5.48. The van der Waals surface area contributed by atoms with Gasteiger partial charge in [0.15, 0.2) is 0 Å². The van der Waals surface area contributed by atoms with Crippen LogP contribution in [0, 0.1) is 5.82 Å². The topological polar surface area (TPSA) is 130 Å². The average molecular weight is 610 g/mol. The van der Waals surface area contributed by atoms with Gasteiger partial charge in [-0.1, -0.05) is 6.07 Å². The van der Waals surface area contributed by atoms with E-state index in [-0.39, 0.29) is 28.5 Å². The fraction of sp³-hybridized carbons (Fsp3) is 0.0938. The van der Waals surface area contributed by atoms with Gasteiger partial charge in [-0.15, -0.1) is 0 Å². The summed E-state index contributed by atoms with van der Waals surface area (Å²) in [6, 6.07) is 19.5. The Morgan fingerprint density at radius 1 is 1.00 bits per heavy atom. The molecule has 0 saturated carbocycles. The largest absolute Gasteiger partial charge is 0.493 e. The standard InChI is InChI=1S/C32H24FN5O5S/c1-34-32(40)29-21-14-20(25(37(2)44(3,41)42)16-27(21)43-31(29)18-4-7-19(33)8-5-18)22-9-6-17-12-13-38-24-10-11-28(39)35-23(24)15-26(38)30(17)36-22/h4-16H,1-3H3,(H,34,40)(H,35,39). The van der Waals surface area contributed by atoms with Gasteiger partial charge in [0, 0.05) is 54.3 Å². The molecule has 10 nitrogen and oxygen atoms in total. The molecule has 44 heavy (non-hydrogen) atoms. The summed E-state index contributed by atoms with van der Waals surface area (Å²) in [7, 11) is -0.802. The maximum absolute atomic E-state index is 13.7. The number of carbonyl (C=O) groups excluding carboxylic acids is 1. The normalized spacial score (nSPS) is 12.0. The van der Waals surface area contributed by atoms with Gasteiger partial charge in [0.25, 0.3) is 5.91 Å². The number of pyridine rings is 3. The Morgan fingerprint density at radius 3 is 2.50 bits per heavy atom. The van der Waals surface area contributed by atoms with E-state index in [4.69, 9.17) is 9.40 Å². The molecule has 0 bridgehead atoms. The van der Waals surface area contributed by atoms with Crippen LogP contribution in [0.5, 0.6) is 5.88 Å². The molecule has 2 aromatic carbocycles. The third-order valence-electron chi connectivity index (χ3n) is 7.73. The van der Waals surface area contributed by atoms with Gasteiger partial charge in [0.1, 0.15) is 17.2 Å². The van der Waals surface area contributed by atoms with Crippen LogP contribution >= 0.6 is 0 Å². The van der Waals surface area contributed by atoms with Crippen LogP contribution in [0.25, 0.3) is 61.0 Å². The van der Waals surface area contributed by atoms with E-state index in [1.54, 1.807) is 24.3 Å². The van der Waals surface area contributed by atoms with Crippen molar-refractivity contribution < 1.29 is 27.1 Å². The number of hydrogen-bond donors (Lipinski definition) is 2. The van der Waals surface area contributed by atoms with Crippen molar-refractivity contribution in [2.75, 3.05) is 24.7 Å². The lowest BCUT2D eigenvalue weighted by Crippen LogP contribution is -2.25. The Bertz CT molecular complexity index is 2420. The first-order valence-corrected chi connectivity index (χ1v) is 15.3. The number of sulfonamides is 1. The first kappa shape index (κ1) is 27.3. The summed E-state index contributed by atoms with van der Waals surface area (Å²) in [5.74, 6) is -0.749. The first-order chi connectivity index (χ1) is 21.0. The van der Waals surface area contributed by atoms with Gasteiger partial charge >= 0.3 is 0 Å². The quantitative estimate of drug-likeness (QED) is 0.255. The monoisotopic (exact) mass is 609 g/mol. The molecule has 1 amide bonds. The van der Waals surface area contributed by atoms with Crippen LogP contribution in [0.3, 0.4) is 0 Å². The molecular formula is C32H24FN5O5S. The molecule has 0 aliphatic heterocycles. The number of rotatable bonds is 5. The molecule has 7 rings (SSSR count). The minimum absolute atomic E-state index is 0.0971. The Labute approximate surface area is 250 Å². The number of fused-ring (bicyclic) bond motifs is 6. The molecule has 0 radical (unpaired) electrons. The van der Waals surface area contributed by atoms with Crippen molar-refractivity contribution in [2.45, 2.75) is 0 Å². The summed E-state index contributed by atoms with van der Waals surface area (Å²) >= 11 is 0. The Balaban J connectivity index is 1.54. The molecule has 12 heteroatoms. The number of aromatic nitrogens is 3. The minimum Gasteiger partial charge on any atom is -0.493 e. The van der Waals surface area contributed by atoms with Crippen molar-refractivity contribution in [3.8, 4) is 28.5 Å². The van der Waals surface area contributed by atoms with E-state index in [9.17, 15) is 22.7 Å². The lowest BCUT2D eigenvalue weighted by Gasteiger charge is -2.20. The summed E-state index contributed by atoms with van der Waals surface area (Å²) in [5.41, 5.74) is 4.88. The zero-order valence-electron chi connectivity index (χ0n) is 23.7. The maximum Gasteiger partial charge on any atom is 0.255 e. The second-order valence-electron chi connectivity index (χ2n) is 10.4. The summed E-state index contributed by atoms with van der Waals surface area (Å²) in [5, 5.41) is 13.8. The number of benzene rings is 2. The van der Waals surface area contributed by atoms with Gasteiger partial charge < -0.3 is 19.2 Å². The van der Waals surface area contributed by atoms with Gasteiger partial charge in [-0.05, 0) is 54.6 Å². The highest BCUT2D eigenvalue weighted by atomic mass is 32.2. The Kier molecular flexibility index (Phi) is 6.08. The highest BCUT2D eigenvalue weighted by molar-refractivity contribution is 7.92. The van der Waals surface area contributed by atoms with Crippen molar-refractivity contribution in [1.82, 2.24) is 19.7 Å². The van der Waals surface area contributed by atoms with Gasteiger partial charge in [0.05, 0.1) is 45.3 Å². The molecular weight excluding hydrogens is 585 g/mol. The van der Waals surface area contributed by atoms with Crippen molar-refractivity contribution in [2.24, 2.45) is 0 Å². The highest BCUT2D eigenvalue weighted by Gasteiger charge is 2.26. The van der Waals surface area contributed by atoms with E-state index in [1.807, 2.05) is 28.8 Å². The minimum atomic E-state index is -3.73. The SMILES string of the molecule is CNC(=O)c1c(-c2ccc(F)cc2)oc2cc(N(C)S(C)(=O)=O)c(-c3ccc4ccn5c6ccc(O)nc6cc5c4n3)cc12. The third kappa shape index (κ3) is 4.30. The van der Waals surface area contributed by atoms with Crippen LogP contribution in [0.1, 0.15) is 10.4 Å². The number of anilines is 1. The van der Waals surface area contributed by atoms with E-state index in [2.05, 4.69) is 10.3 Å². The van der Waals surface area contributed by atoms with Crippen molar-refractivity contribution >= 4 is 60.0 Å². The maximum atomic E-state index is 13.7. The molecule has 0 unspecified atom stereocenters. The number of hydrogen-bond acceptors (Lipinski definition) is 7. The second-order valence-corrected chi connectivity index (χ2v) is 12.4. The highest BCUT2D eigenvalue weighted by Crippen LogP contribution is 2.41. The molecule has 7 aromatic rings. The summed E-state index contributed by atoms with van der Waals surface area (Å²) in [6.07, 6.45) is 2.99. The molecule has 0 saturated heterocycles. The van der Waals surface area contributed by atoms with Gasteiger partial charge in [-0.3, -0.25) is 9.10 Å². The number of carbonyl (C=O) groups is 1. The van der Waals surface area contributed by atoms with Crippen molar-refractivity contribution in [1.29, 1.82) is 0 Å². The summed E-state index contributed by atoms with van der Waals surface area (Å²) in [4.78, 5) is 22.4. The van der Waals surface area contributed by atoms with Crippen LogP contribution in [0.15, 0.2) is 83.4 Å². The number of aromatic hydroxyl groups is 1. The lowest BCUT2D eigenvalue weighted by atomic mass is 10.0. The third-order valence-corrected chi connectivity index (χ3v) is 8.92. The second kappa shape index (κ2) is 9.78. The summed E-state index contributed by atoms with van der Waals surface area (Å²) in [6.45, 7) is 0. The van der Waals surface area contributed by atoms with Crippen LogP contribution in [-0.4, -0.2) is 54.2 Å². The predicted molar refractivity (Wildman–Crippen MR) is 167 cm³/mol. The van der Waals surface area contributed by atoms with E-state index >= 15 is 0 Å². The molecule has 5 aromatic heterocycles. The predicted octanol–water partition coefficient (Wildman–Crippen LogP) is 5.72. The molecule has 0 aliphatic carbocycles. The molecule has 220 valence electrons. The van der Waals surface area contributed by atoms with Crippen molar-refractivity contribution in [3.63, 3.8) is 0 Å². The zero-order valence-corrected chi connectivity index (χ0v) is 24.5. The fourth-order valence-corrected chi connectivity index (χ4v) is 5.99. The van der Waals surface area contributed by atoms with E-state index < -0.39 is 21.7 Å². The Morgan fingerprint density at radius 2 is 1.77 bits per heavy atom. The molecule has 0 aliphatic rings. The van der Waals surface area contributed by atoms with Crippen molar-refractivity contribution in [3.05, 3.63) is 90.4 Å². The number of furan rings is 1. The number of nitrogens with one attached hydrogen (secondary N) is 1. The van der Waals surface area contributed by atoms with Crippen LogP contribution < -0.4 is 9.62 Å². The molecule has 0 spiro atoms. The lowest BCUT2D eigenvalue weighted by molar-refractivity contribution is 0.0964. The van der Waals surface area contributed by atoms with E-state index in [0.29, 0.717) is 33.2 Å². The number of halogens is 1. The number of nitrogens with zero attached hydrogens (tertiary/aromatic N) is 4.